The number of nitrogens with zero attached hydrogens (tertiary/aromatic N) is 2. The molecule has 0 spiro atoms. The highest BCUT2D eigenvalue weighted by molar-refractivity contribution is 5.59. The number of benzene rings is 1. The van der Waals surface area contributed by atoms with E-state index in [2.05, 4.69) is 9.97 Å². The van der Waals surface area contributed by atoms with Gasteiger partial charge in [-0.15, -0.1) is 0 Å². The van der Waals surface area contributed by atoms with Crippen LogP contribution in [0.3, 0.4) is 0 Å². The first kappa shape index (κ1) is 13.4. The van der Waals surface area contributed by atoms with Crippen molar-refractivity contribution in [1.82, 2.24) is 9.97 Å². The molecule has 1 heterocycles. The molecule has 2 nitrogen and oxygen atoms in total. The second-order valence-corrected chi connectivity index (χ2v) is 3.68. The molecule has 2 rings (SSSR count). The molecule has 0 aliphatic heterocycles. The van der Waals surface area contributed by atoms with Gasteiger partial charge in [-0.05, 0) is 18.2 Å². The monoisotopic (exact) mass is 274 g/mol. The summed E-state index contributed by atoms with van der Waals surface area (Å²) in [5, 5.41) is 0. The van der Waals surface area contributed by atoms with E-state index < -0.39 is 24.0 Å². The van der Waals surface area contributed by atoms with Crippen LogP contribution in [-0.4, -0.2) is 9.97 Å². The molecule has 1 aromatic heterocycles. The lowest BCUT2D eigenvalue weighted by atomic mass is 10.1. The molecule has 0 unspecified atom stereocenters. The third-order valence-electron chi connectivity index (χ3n) is 2.38. The zero-order valence-electron chi connectivity index (χ0n) is 9.33. The molecular formula is C12H7F5N2. The fraction of sp³-hybridized carbons (Fsp3) is 0.167. The minimum atomic E-state index is -4.43. The van der Waals surface area contributed by atoms with E-state index in [9.17, 15) is 22.0 Å². The Labute approximate surface area is 104 Å². The SMILES string of the molecule is FC(F)c1nccc(-c2ccc(C(F)(F)F)cc2)n1. The third kappa shape index (κ3) is 3.04. The summed E-state index contributed by atoms with van der Waals surface area (Å²) in [6, 6.07) is 5.47. The molecule has 0 saturated carbocycles. The first-order chi connectivity index (χ1) is 8.88. The summed E-state index contributed by atoms with van der Waals surface area (Å²) < 4.78 is 61.9. The van der Waals surface area contributed by atoms with Crippen LogP contribution in [0.15, 0.2) is 36.5 Å². The lowest BCUT2D eigenvalue weighted by molar-refractivity contribution is -0.137. The first-order valence-electron chi connectivity index (χ1n) is 5.16. The van der Waals surface area contributed by atoms with E-state index in [0.717, 1.165) is 18.3 Å². The molecule has 0 saturated heterocycles. The van der Waals surface area contributed by atoms with Gasteiger partial charge in [0.1, 0.15) is 0 Å². The third-order valence-corrected chi connectivity index (χ3v) is 2.38. The van der Waals surface area contributed by atoms with Crippen molar-refractivity contribution in [2.75, 3.05) is 0 Å². The number of aromatic nitrogens is 2. The van der Waals surface area contributed by atoms with Gasteiger partial charge in [0, 0.05) is 11.8 Å². The molecule has 2 aromatic rings. The second kappa shape index (κ2) is 4.91. The van der Waals surface area contributed by atoms with E-state index in [-0.39, 0.29) is 5.69 Å². The molecule has 0 bridgehead atoms. The van der Waals surface area contributed by atoms with Gasteiger partial charge in [-0.3, -0.25) is 0 Å². The lowest BCUT2D eigenvalue weighted by Crippen LogP contribution is -2.04. The number of halogens is 5. The Morgan fingerprint density at radius 1 is 0.947 bits per heavy atom. The van der Waals surface area contributed by atoms with Crippen molar-refractivity contribution in [3.05, 3.63) is 47.9 Å². The Hall–Kier alpha value is -2.05. The maximum absolute atomic E-state index is 12.4. The normalized spacial score (nSPS) is 11.9. The van der Waals surface area contributed by atoms with Gasteiger partial charge in [0.15, 0.2) is 5.82 Å². The van der Waals surface area contributed by atoms with Gasteiger partial charge >= 0.3 is 6.18 Å². The molecule has 0 radical (unpaired) electrons. The number of hydrogen-bond donors (Lipinski definition) is 0. The predicted molar refractivity (Wildman–Crippen MR) is 57.4 cm³/mol. The van der Waals surface area contributed by atoms with Gasteiger partial charge in [-0.2, -0.15) is 13.2 Å². The largest absolute Gasteiger partial charge is 0.416 e. The first-order valence-corrected chi connectivity index (χ1v) is 5.16. The van der Waals surface area contributed by atoms with Crippen LogP contribution in [-0.2, 0) is 6.18 Å². The Kier molecular flexibility index (Phi) is 3.46. The summed E-state index contributed by atoms with van der Waals surface area (Å²) in [6.45, 7) is 0. The number of rotatable bonds is 2. The Morgan fingerprint density at radius 3 is 2.11 bits per heavy atom. The fourth-order valence-electron chi connectivity index (χ4n) is 1.47. The zero-order chi connectivity index (χ0) is 14.0. The van der Waals surface area contributed by atoms with Gasteiger partial charge in [-0.1, -0.05) is 12.1 Å². The van der Waals surface area contributed by atoms with Gasteiger partial charge in [0.2, 0.25) is 0 Å². The van der Waals surface area contributed by atoms with Crippen LogP contribution in [0.1, 0.15) is 17.8 Å². The van der Waals surface area contributed by atoms with Crippen molar-refractivity contribution in [3.8, 4) is 11.3 Å². The molecule has 0 amide bonds. The quantitative estimate of drug-likeness (QED) is 0.770. The molecular weight excluding hydrogens is 267 g/mol. The average Bonchev–Trinajstić information content (AvgIpc) is 2.38. The van der Waals surface area contributed by atoms with Gasteiger partial charge in [-0.25, -0.2) is 18.7 Å². The highest BCUT2D eigenvalue weighted by Crippen LogP contribution is 2.30. The van der Waals surface area contributed by atoms with Crippen LogP contribution >= 0.6 is 0 Å². The van der Waals surface area contributed by atoms with Crippen LogP contribution in [0.5, 0.6) is 0 Å². The highest BCUT2D eigenvalue weighted by Gasteiger charge is 2.30. The zero-order valence-corrected chi connectivity index (χ0v) is 9.33. The van der Waals surface area contributed by atoms with Crippen LogP contribution in [0, 0.1) is 0 Å². The van der Waals surface area contributed by atoms with Crippen molar-refractivity contribution in [2.24, 2.45) is 0 Å². The van der Waals surface area contributed by atoms with E-state index in [4.69, 9.17) is 0 Å². The van der Waals surface area contributed by atoms with Crippen molar-refractivity contribution in [2.45, 2.75) is 12.6 Å². The Morgan fingerprint density at radius 2 is 1.58 bits per heavy atom. The average molecular weight is 274 g/mol. The molecule has 7 heteroatoms. The Bertz CT molecular complexity index is 563. The van der Waals surface area contributed by atoms with E-state index in [1.807, 2.05) is 0 Å². The highest BCUT2D eigenvalue weighted by atomic mass is 19.4. The lowest BCUT2D eigenvalue weighted by Gasteiger charge is -2.07. The van der Waals surface area contributed by atoms with Crippen LogP contribution in [0.4, 0.5) is 22.0 Å². The summed E-state index contributed by atoms with van der Waals surface area (Å²) in [4.78, 5) is 6.97. The predicted octanol–water partition coefficient (Wildman–Crippen LogP) is 4.10. The maximum Gasteiger partial charge on any atom is 0.416 e. The van der Waals surface area contributed by atoms with Crippen LogP contribution in [0.25, 0.3) is 11.3 Å². The minimum Gasteiger partial charge on any atom is -0.236 e. The van der Waals surface area contributed by atoms with E-state index in [0.29, 0.717) is 5.56 Å². The van der Waals surface area contributed by atoms with Crippen molar-refractivity contribution >= 4 is 0 Å². The van der Waals surface area contributed by atoms with E-state index in [1.165, 1.54) is 18.2 Å². The van der Waals surface area contributed by atoms with Gasteiger partial charge in [0.25, 0.3) is 6.43 Å². The summed E-state index contributed by atoms with van der Waals surface area (Å²) >= 11 is 0. The van der Waals surface area contributed by atoms with Gasteiger partial charge < -0.3 is 0 Å². The molecule has 0 atom stereocenters. The van der Waals surface area contributed by atoms with Crippen LogP contribution < -0.4 is 0 Å². The van der Waals surface area contributed by atoms with E-state index in [1.54, 1.807) is 0 Å². The van der Waals surface area contributed by atoms with Gasteiger partial charge in [0.05, 0.1) is 11.3 Å². The molecule has 0 N–H and O–H groups in total. The minimum absolute atomic E-state index is 0.152. The fourth-order valence-corrected chi connectivity index (χ4v) is 1.47. The summed E-state index contributed by atoms with van der Waals surface area (Å²) in [6.07, 6.45) is -6.12. The summed E-state index contributed by atoms with van der Waals surface area (Å²) in [7, 11) is 0. The smallest absolute Gasteiger partial charge is 0.236 e. The molecule has 19 heavy (non-hydrogen) atoms. The van der Waals surface area contributed by atoms with Crippen LogP contribution in [0.2, 0.25) is 0 Å². The van der Waals surface area contributed by atoms with Crippen molar-refractivity contribution in [3.63, 3.8) is 0 Å². The second-order valence-electron chi connectivity index (χ2n) is 3.68. The van der Waals surface area contributed by atoms with E-state index >= 15 is 0 Å². The summed E-state index contributed by atoms with van der Waals surface area (Å²) in [5.74, 6) is -0.655. The molecule has 100 valence electrons. The molecule has 0 aliphatic carbocycles. The maximum atomic E-state index is 12.4. The van der Waals surface area contributed by atoms with Crippen molar-refractivity contribution < 1.29 is 22.0 Å². The molecule has 0 aliphatic rings. The standard InChI is InChI=1S/C12H7F5N2/c13-10(14)11-18-6-5-9(19-11)7-1-3-8(4-2-7)12(15,16)17/h1-6,10H. The topological polar surface area (TPSA) is 25.8 Å². The summed E-state index contributed by atoms with van der Waals surface area (Å²) in [5.41, 5.74) is -0.337. The number of hydrogen-bond acceptors (Lipinski definition) is 2. The Balaban J connectivity index is 2.35. The molecule has 0 fully saturated rings. The number of alkyl halides is 5. The molecule has 1 aromatic carbocycles. The van der Waals surface area contributed by atoms with Crippen molar-refractivity contribution in [1.29, 1.82) is 0 Å².